The molecule has 0 atom stereocenters. The fourth-order valence-corrected chi connectivity index (χ4v) is 4.95. The monoisotopic (exact) mass is 396 g/mol. The van der Waals surface area contributed by atoms with Gasteiger partial charge >= 0.3 is 0 Å². The van der Waals surface area contributed by atoms with Gasteiger partial charge in [0.05, 0.1) is 5.69 Å². The van der Waals surface area contributed by atoms with Gasteiger partial charge in [-0.25, -0.2) is 0 Å². The summed E-state index contributed by atoms with van der Waals surface area (Å²) in [6.45, 7) is 0. The summed E-state index contributed by atoms with van der Waals surface area (Å²) < 4.78 is 1.33. The average Bonchev–Trinajstić information content (AvgIpc) is 3.02. The Kier molecular flexibility index (Phi) is 4.66. The predicted octanol–water partition coefficient (Wildman–Crippen LogP) is 5.59. The van der Waals surface area contributed by atoms with E-state index in [0.29, 0.717) is 6.04 Å². The van der Waals surface area contributed by atoms with Crippen molar-refractivity contribution in [3.05, 3.63) is 39.3 Å². The van der Waals surface area contributed by atoms with E-state index in [0.717, 1.165) is 0 Å². The maximum absolute atomic E-state index is 3.46. The van der Waals surface area contributed by atoms with Crippen molar-refractivity contribution in [1.29, 1.82) is 0 Å². The molecule has 105 valence electrons. The molecule has 0 aliphatic heterocycles. The van der Waals surface area contributed by atoms with Gasteiger partial charge in [-0.1, -0.05) is 37.5 Å². The summed E-state index contributed by atoms with van der Waals surface area (Å²) in [4.78, 5) is 3.81. The highest BCUT2D eigenvalue weighted by Crippen LogP contribution is 2.36. The summed E-state index contributed by atoms with van der Waals surface area (Å²) in [6.07, 6.45) is 6.79. The van der Waals surface area contributed by atoms with Crippen LogP contribution in [-0.2, 0) is 0 Å². The minimum absolute atomic E-state index is 0.687. The van der Waals surface area contributed by atoms with Crippen LogP contribution in [-0.4, -0.2) is 13.1 Å². The lowest BCUT2D eigenvalue weighted by Gasteiger charge is -2.33. The van der Waals surface area contributed by atoms with Crippen LogP contribution in [0.1, 0.15) is 32.1 Å². The zero-order valence-electron chi connectivity index (χ0n) is 11.7. The number of benzene rings is 1. The molecular weight excluding hydrogens is 377 g/mol. The molecule has 0 spiro atoms. The van der Waals surface area contributed by atoms with Crippen molar-refractivity contribution in [3.8, 4) is 10.4 Å². The van der Waals surface area contributed by atoms with Gasteiger partial charge in [0.2, 0.25) is 0 Å². The number of rotatable bonds is 3. The Morgan fingerprint density at radius 3 is 2.75 bits per heavy atom. The second-order valence-electron chi connectivity index (χ2n) is 5.43. The number of anilines is 1. The van der Waals surface area contributed by atoms with Crippen LogP contribution < -0.4 is 4.90 Å². The predicted molar refractivity (Wildman–Crippen MR) is 96.6 cm³/mol. The molecule has 3 rings (SSSR count). The third-order valence-electron chi connectivity index (χ3n) is 4.18. The van der Waals surface area contributed by atoms with E-state index in [1.807, 2.05) is 11.3 Å². The lowest BCUT2D eigenvalue weighted by Crippen LogP contribution is -2.33. The summed E-state index contributed by atoms with van der Waals surface area (Å²) in [7, 11) is 2.24. The fraction of sp³-hybridized carbons (Fsp3) is 0.412. The standard InChI is InChI=1S/C17H19INS/c1-19(13-7-3-2-4-8-13)15-10-5-9-14(17(15)18)16-11-6-12-20-16/h5-6,9,11-13H,2-4,7-8H2,1H3. The van der Waals surface area contributed by atoms with E-state index in [-0.39, 0.29) is 0 Å². The minimum Gasteiger partial charge on any atom is -0.370 e. The molecule has 1 radical (unpaired) electrons. The molecule has 0 bridgehead atoms. The lowest BCUT2D eigenvalue weighted by molar-refractivity contribution is 0.427. The first-order valence-corrected chi connectivity index (χ1v) is 9.20. The zero-order valence-corrected chi connectivity index (χ0v) is 14.7. The third kappa shape index (κ3) is 2.89. The molecule has 1 aromatic carbocycles. The Morgan fingerprint density at radius 2 is 2.05 bits per heavy atom. The molecule has 1 heterocycles. The first-order chi connectivity index (χ1) is 9.77. The lowest BCUT2D eigenvalue weighted by atomic mass is 9.94. The molecular formula is C17H19INS. The number of thiophene rings is 1. The summed E-state index contributed by atoms with van der Waals surface area (Å²) in [5.41, 5.74) is 2.61. The van der Waals surface area contributed by atoms with Crippen molar-refractivity contribution >= 4 is 39.6 Å². The van der Waals surface area contributed by atoms with Gasteiger partial charge in [-0.2, -0.15) is 0 Å². The Hall–Kier alpha value is -0.550. The molecule has 0 N–H and O–H groups in total. The van der Waals surface area contributed by atoms with E-state index in [9.17, 15) is 0 Å². The topological polar surface area (TPSA) is 3.24 Å². The highest BCUT2D eigenvalue weighted by molar-refractivity contribution is 14.1. The van der Waals surface area contributed by atoms with Crippen molar-refractivity contribution in [1.82, 2.24) is 0 Å². The smallest absolute Gasteiger partial charge is 0.0588 e. The van der Waals surface area contributed by atoms with Gasteiger partial charge in [0.1, 0.15) is 0 Å². The average molecular weight is 396 g/mol. The Morgan fingerprint density at radius 1 is 1.25 bits per heavy atom. The number of hydrogen-bond acceptors (Lipinski definition) is 2. The van der Waals surface area contributed by atoms with E-state index >= 15 is 0 Å². The van der Waals surface area contributed by atoms with E-state index in [1.165, 1.54) is 51.8 Å². The van der Waals surface area contributed by atoms with E-state index in [4.69, 9.17) is 0 Å². The van der Waals surface area contributed by atoms with Crippen LogP contribution in [0.15, 0.2) is 29.6 Å². The van der Waals surface area contributed by atoms with Gasteiger partial charge < -0.3 is 4.90 Å². The summed E-state index contributed by atoms with van der Waals surface area (Å²) in [5, 5.41) is 2.15. The molecule has 1 saturated carbocycles. The van der Waals surface area contributed by atoms with Crippen LogP contribution in [0.4, 0.5) is 5.69 Å². The van der Waals surface area contributed by atoms with Gasteiger partial charge in [-0.3, -0.25) is 0 Å². The minimum atomic E-state index is 0.687. The SMILES string of the molecule is CN(c1[c]ccc(-c2cccs2)c1I)C1CCCCC1. The molecule has 1 aliphatic carbocycles. The molecule has 1 aliphatic rings. The van der Waals surface area contributed by atoms with Crippen molar-refractivity contribution in [2.75, 3.05) is 11.9 Å². The molecule has 0 unspecified atom stereocenters. The van der Waals surface area contributed by atoms with Crippen LogP contribution in [0.3, 0.4) is 0 Å². The molecule has 20 heavy (non-hydrogen) atoms. The van der Waals surface area contributed by atoms with Gasteiger partial charge in [0, 0.05) is 33.2 Å². The van der Waals surface area contributed by atoms with Gasteiger partial charge in [-0.05, 0) is 46.9 Å². The Bertz CT molecular complexity index is 558. The van der Waals surface area contributed by atoms with Crippen molar-refractivity contribution in [2.24, 2.45) is 0 Å². The summed E-state index contributed by atoms with van der Waals surface area (Å²) in [5.74, 6) is 0. The largest absolute Gasteiger partial charge is 0.370 e. The quantitative estimate of drug-likeness (QED) is 0.612. The van der Waals surface area contributed by atoms with Crippen molar-refractivity contribution in [3.63, 3.8) is 0 Å². The number of hydrogen-bond donors (Lipinski definition) is 0. The second kappa shape index (κ2) is 6.48. The Balaban J connectivity index is 1.91. The van der Waals surface area contributed by atoms with Crippen LogP contribution in [0.25, 0.3) is 10.4 Å². The first kappa shape index (κ1) is 14.4. The number of nitrogens with zero attached hydrogens (tertiary/aromatic N) is 1. The molecule has 2 aromatic rings. The maximum Gasteiger partial charge on any atom is 0.0588 e. The summed E-state index contributed by atoms with van der Waals surface area (Å²) in [6, 6.07) is 12.7. The van der Waals surface area contributed by atoms with E-state index < -0.39 is 0 Å². The van der Waals surface area contributed by atoms with Crippen LogP contribution in [0.2, 0.25) is 0 Å². The number of halogens is 1. The van der Waals surface area contributed by atoms with Gasteiger partial charge in [0.15, 0.2) is 0 Å². The van der Waals surface area contributed by atoms with E-state index in [1.54, 1.807) is 0 Å². The van der Waals surface area contributed by atoms with Crippen LogP contribution in [0, 0.1) is 9.64 Å². The molecule has 1 nitrogen and oxygen atoms in total. The zero-order chi connectivity index (χ0) is 13.9. The molecule has 1 fully saturated rings. The van der Waals surface area contributed by atoms with Gasteiger partial charge in [-0.15, -0.1) is 11.3 Å². The fourth-order valence-electron chi connectivity index (χ4n) is 3.00. The second-order valence-corrected chi connectivity index (χ2v) is 7.46. The summed E-state index contributed by atoms with van der Waals surface area (Å²) >= 11 is 4.30. The van der Waals surface area contributed by atoms with Crippen molar-refractivity contribution in [2.45, 2.75) is 38.1 Å². The maximum atomic E-state index is 3.46. The molecule has 3 heteroatoms. The van der Waals surface area contributed by atoms with Crippen LogP contribution in [0.5, 0.6) is 0 Å². The highest BCUT2D eigenvalue weighted by atomic mass is 127. The van der Waals surface area contributed by atoms with Gasteiger partial charge in [0.25, 0.3) is 0 Å². The first-order valence-electron chi connectivity index (χ1n) is 7.24. The normalized spacial score (nSPS) is 16.3. The molecule has 1 aromatic heterocycles. The van der Waals surface area contributed by atoms with Crippen LogP contribution >= 0.6 is 33.9 Å². The molecule has 0 saturated heterocycles. The highest BCUT2D eigenvalue weighted by Gasteiger charge is 2.21. The molecule has 0 amide bonds. The third-order valence-corrected chi connectivity index (χ3v) is 6.17. The van der Waals surface area contributed by atoms with E-state index in [2.05, 4.69) is 70.3 Å². The Labute approximate surface area is 139 Å². The van der Waals surface area contributed by atoms with Crippen molar-refractivity contribution < 1.29 is 0 Å².